The van der Waals surface area contributed by atoms with E-state index in [1.807, 2.05) is 40.6 Å². The highest BCUT2D eigenvalue weighted by atomic mass is 32.1. The zero-order valence-corrected chi connectivity index (χ0v) is 16.5. The van der Waals surface area contributed by atoms with E-state index in [1.54, 1.807) is 17.1 Å². The van der Waals surface area contributed by atoms with Crippen LogP contribution in [0.5, 0.6) is 0 Å². The van der Waals surface area contributed by atoms with Gasteiger partial charge in [0.05, 0.1) is 11.4 Å². The van der Waals surface area contributed by atoms with Crippen LogP contribution in [0.1, 0.15) is 19.5 Å². The van der Waals surface area contributed by atoms with Gasteiger partial charge in [-0.2, -0.15) is 0 Å². The van der Waals surface area contributed by atoms with E-state index in [9.17, 15) is 9.59 Å². The minimum Gasteiger partial charge on any atom is -0.337 e. The SMILES string of the molecule is CCN1CCN(C(=O)C=Cc2csc(N(C(C)=O)c3ccccc3)n2)CC1. The van der Waals surface area contributed by atoms with Crippen molar-refractivity contribution < 1.29 is 9.59 Å². The Morgan fingerprint density at radius 3 is 2.52 bits per heavy atom. The van der Waals surface area contributed by atoms with Gasteiger partial charge in [-0.15, -0.1) is 11.3 Å². The molecule has 0 spiro atoms. The predicted molar refractivity (Wildman–Crippen MR) is 109 cm³/mol. The molecule has 2 heterocycles. The molecule has 3 rings (SSSR count). The van der Waals surface area contributed by atoms with Crippen molar-refractivity contribution in [1.82, 2.24) is 14.8 Å². The number of aromatic nitrogens is 1. The predicted octanol–water partition coefficient (Wildman–Crippen LogP) is 3.01. The molecule has 0 saturated carbocycles. The Morgan fingerprint density at radius 1 is 1.19 bits per heavy atom. The van der Waals surface area contributed by atoms with E-state index in [0.29, 0.717) is 10.8 Å². The lowest BCUT2D eigenvalue weighted by Crippen LogP contribution is -2.48. The molecule has 7 heteroatoms. The second kappa shape index (κ2) is 8.92. The van der Waals surface area contributed by atoms with Crippen molar-refractivity contribution in [2.45, 2.75) is 13.8 Å². The van der Waals surface area contributed by atoms with Crippen LogP contribution in [-0.2, 0) is 9.59 Å². The second-order valence-corrected chi connectivity index (χ2v) is 7.17. The highest BCUT2D eigenvalue weighted by Crippen LogP contribution is 2.29. The molecule has 1 aliphatic rings. The number of para-hydroxylation sites is 1. The molecule has 142 valence electrons. The number of likely N-dealkylation sites (N-methyl/N-ethyl adjacent to an activating group) is 1. The Bertz CT molecular complexity index is 810. The maximum absolute atomic E-state index is 12.4. The molecule has 0 radical (unpaired) electrons. The second-order valence-electron chi connectivity index (χ2n) is 6.34. The van der Waals surface area contributed by atoms with Gasteiger partial charge in [0.25, 0.3) is 0 Å². The van der Waals surface area contributed by atoms with Crippen LogP contribution in [0.2, 0.25) is 0 Å². The van der Waals surface area contributed by atoms with E-state index >= 15 is 0 Å². The summed E-state index contributed by atoms with van der Waals surface area (Å²) in [5.41, 5.74) is 1.46. The highest BCUT2D eigenvalue weighted by molar-refractivity contribution is 7.14. The number of carbonyl (C=O) groups is 2. The lowest BCUT2D eigenvalue weighted by molar-refractivity contribution is -0.127. The van der Waals surface area contributed by atoms with Gasteiger partial charge in [-0.25, -0.2) is 4.98 Å². The van der Waals surface area contributed by atoms with Crippen molar-refractivity contribution >= 4 is 40.0 Å². The van der Waals surface area contributed by atoms with Gasteiger partial charge in [0.2, 0.25) is 11.8 Å². The smallest absolute Gasteiger partial charge is 0.246 e. The van der Waals surface area contributed by atoms with Gasteiger partial charge in [-0.3, -0.25) is 14.5 Å². The maximum atomic E-state index is 12.4. The maximum Gasteiger partial charge on any atom is 0.246 e. The van der Waals surface area contributed by atoms with E-state index in [4.69, 9.17) is 0 Å². The molecule has 2 aromatic rings. The number of thiazole rings is 1. The van der Waals surface area contributed by atoms with Gasteiger partial charge in [-0.1, -0.05) is 25.1 Å². The zero-order chi connectivity index (χ0) is 19.2. The van der Waals surface area contributed by atoms with Crippen LogP contribution in [0, 0.1) is 0 Å². The van der Waals surface area contributed by atoms with E-state index in [1.165, 1.54) is 18.3 Å². The lowest BCUT2D eigenvalue weighted by atomic mass is 10.3. The zero-order valence-electron chi connectivity index (χ0n) is 15.7. The Kier molecular flexibility index (Phi) is 6.36. The van der Waals surface area contributed by atoms with Crippen LogP contribution in [0.3, 0.4) is 0 Å². The van der Waals surface area contributed by atoms with Gasteiger partial charge in [0.1, 0.15) is 0 Å². The van der Waals surface area contributed by atoms with Crippen molar-refractivity contribution in [2.75, 3.05) is 37.6 Å². The summed E-state index contributed by atoms with van der Waals surface area (Å²) in [6, 6.07) is 9.42. The summed E-state index contributed by atoms with van der Waals surface area (Å²) in [6.07, 6.45) is 3.29. The summed E-state index contributed by atoms with van der Waals surface area (Å²) in [5.74, 6) is -0.0947. The summed E-state index contributed by atoms with van der Waals surface area (Å²) in [4.78, 5) is 34.7. The first-order valence-electron chi connectivity index (χ1n) is 9.09. The minimum atomic E-state index is -0.101. The van der Waals surface area contributed by atoms with E-state index in [0.717, 1.165) is 38.4 Å². The standard InChI is InChI=1S/C20H24N4O2S/c1-3-22-11-13-23(14-12-22)19(26)10-9-17-15-27-20(21-17)24(16(2)25)18-7-5-4-6-8-18/h4-10,15H,3,11-14H2,1-2H3. The molecule has 1 fully saturated rings. The van der Waals surface area contributed by atoms with Crippen molar-refractivity contribution in [2.24, 2.45) is 0 Å². The monoisotopic (exact) mass is 384 g/mol. The molecule has 0 aliphatic carbocycles. The first-order valence-corrected chi connectivity index (χ1v) is 9.97. The molecule has 0 atom stereocenters. The van der Waals surface area contributed by atoms with Gasteiger partial charge in [0, 0.05) is 44.6 Å². The summed E-state index contributed by atoms with van der Waals surface area (Å²) in [7, 11) is 0. The number of carbonyl (C=O) groups excluding carboxylic acids is 2. The quantitative estimate of drug-likeness (QED) is 0.744. The Morgan fingerprint density at radius 2 is 1.89 bits per heavy atom. The number of piperazine rings is 1. The highest BCUT2D eigenvalue weighted by Gasteiger charge is 2.19. The fourth-order valence-corrected chi connectivity index (χ4v) is 3.86. The molecule has 0 N–H and O–H groups in total. The van der Waals surface area contributed by atoms with Crippen LogP contribution in [0.4, 0.5) is 10.8 Å². The summed E-state index contributed by atoms with van der Waals surface area (Å²) in [5, 5.41) is 2.45. The number of hydrogen-bond donors (Lipinski definition) is 0. The molecular formula is C20H24N4O2S. The Labute approximate surface area is 163 Å². The normalized spacial score (nSPS) is 15.3. The summed E-state index contributed by atoms with van der Waals surface area (Å²) in [6.45, 7) is 8.02. The van der Waals surface area contributed by atoms with Gasteiger partial charge in [-0.05, 0) is 24.8 Å². The molecule has 1 aliphatic heterocycles. The van der Waals surface area contributed by atoms with E-state index < -0.39 is 0 Å². The Hall–Kier alpha value is -2.51. The van der Waals surface area contributed by atoms with Crippen LogP contribution >= 0.6 is 11.3 Å². The van der Waals surface area contributed by atoms with Crippen LogP contribution in [0.25, 0.3) is 6.08 Å². The van der Waals surface area contributed by atoms with Crippen LogP contribution < -0.4 is 4.90 Å². The number of benzene rings is 1. The summed E-state index contributed by atoms with van der Waals surface area (Å²) >= 11 is 1.38. The number of anilines is 2. The first-order chi connectivity index (χ1) is 13.1. The molecular weight excluding hydrogens is 360 g/mol. The third-order valence-corrected chi connectivity index (χ3v) is 5.40. The lowest BCUT2D eigenvalue weighted by Gasteiger charge is -2.33. The van der Waals surface area contributed by atoms with Crippen molar-refractivity contribution in [3.8, 4) is 0 Å². The van der Waals surface area contributed by atoms with Crippen molar-refractivity contribution in [1.29, 1.82) is 0 Å². The molecule has 0 unspecified atom stereocenters. The number of hydrogen-bond acceptors (Lipinski definition) is 5. The molecule has 2 amide bonds. The molecule has 1 saturated heterocycles. The number of nitrogens with zero attached hydrogens (tertiary/aromatic N) is 4. The Balaban J connectivity index is 1.67. The average Bonchev–Trinajstić information content (AvgIpc) is 3.15. The topological polar surface area (TPSA) is 56.8 Å². The van der Waals surface area contributed by atoms with Gasteiger partial charge < -0.3 is 9.80 Å². The molecule has 27 heavy (non-hydrogen) atoms. The molecule has 1 aromatic heterocycles. The van der Waals surface area contributed by atoms with E-state index in [-0.39, 0.29) is 11.8 Å². The third-order valence-electron chi connectivity index (χ3n) is 4.56. The van der Waals surface area contributed by atoms with Crippen molar-refractivity contribution in [3.63, 3.8) is 0 Å². The largest absolute Gasteiger partial charge is 0.337 e. The number of amides is 2. The van der Waals surface area contributed by atoms with Crippen LogP contribution in [-0.4, -0.2) is 59.3 Å². The van der Waals surface area contributed by atoms with Gasteiger partial charge in [0.15, 0.2) is 5.13 Å². The molecule has 0 bridgehead atoms. The fraction of sp³-hybridized carbons (Fsp3) is 0.350. The summed E-state index contributed by atoms with van der Waals surface area (Å²) < 4.78 is 0. The molecule has 6 nitrogen and oxygen atoms in total. The fourth-order valence-electron chi connectivity index (χ4n) is 3.01. The van der Waals surface area contributed by atoms with Crippen molar-refractivity contribution in [3.05, 3.63) is 47.5 Å². The third kappa shape index (κ3) is 4.81. The molecule has 1 aromatic carbocycles. The van der Waals surface area contributed by atoms with E-state index in [2.05, 4.69) is 16.8 Å². The first kappa shape index (κ1) is 19.3. The van der Waals surface area contributed by atoms with Crippen LogP contribution in [0.15, 0.2) is 41.8 Å². The average molecular weight is 385 g/mol. The number of rotatable bonds is 5. The minimum absolute atomic E-state index is 0.00628. The van der Waals surface area contributed by atoms with Gasteiger partial charge >= 0.3 is 0 Å².